The molecule has 32 heavy (non-hydrogen) atoms. The second-order valence-corrected chi connectivity index (χ2v) is 11.7. The van der Waals surface area contributed by atoms with Gasteiger partial charge >= 0.3 is 0 Å². The van der Waals surface area contributed by atoms with Crippen LogP contribution in [0, 0.1) is 28.6 Å². The van der Waals surface area contributed by atoms with E-state index in [0.29, 0.717) is 11.7 Å². The van der Waals surface area contributed by atoms with Crippen LogP contribution in [0.25, 0.3) is 0 Å². The van der Waals surface area contributed by atoms with Gasteiger partial charge < -0.3 is 0 Å². The van der Waals surface area contributed by atoms with Crippen molar-refractivity contribution in [3.63, 3.8) is 0 Å². The number of hydrogen-bond acceptors (Lipinski definition) is 3. The fourth-order valence-corrected chi connectivity index (χ4v) is 8.08. The molecule has 0 spiro atoms. The van der Waals surface area contributed by atoms with Crippen molar-refractivity contribution in [3.8, 4) is 0 Å². The Morgan fingerprint density at radius 1 is 1.19 bits per heavy atom. The summed E-state index contributed by atoms with van der Waals surface area (Å²) in [5.74, 6) is 1.08. The Balaban J connectivity index is 1.52. The number of benzene rings is 1. The molecule has 1 saturated carbocycles. The van der Waals surface area contributed by atoms with E-state index in [2.05, 4.69) is 32.1 Å². The van der Waals surface area contributed by atoms with Crippen molar-refractivity contribution in [2.24, 2.45) is 28.6 Å². The van der Waals surface area contributed by atoms with Crippen LogP contribution in [0.5, 0.6) is 0 Å². The maximum absolute atomic E-state index is 13.1. The van der Waals surface area contributed by atoms with E-state index in [0.717, 1.165) is 29.7 Å². The summed E-state index contributed by atoms with van der Waals surface area (Å²) in [5.41, 5.74) is 3.27. The van der Waals surface area contributed by atoms with Crippen molar-refractivity contribution < 1.29 is 13.8 Å². The van der Waals surface area contributed by atoms with E-state index >= 15 is 0 Å². The molecule has 1 aromatic rings. The zero-order valence-electron chi connectivity index (χ0n) is 19.0. The third kappa shape index (κ3) is 3.18. The van der Waals surface area contributed by atoms with Crippen LogP contribution >= 0.6 is 0 Å². The Labute approximate surface area is 192 Å². The van der Waals surface area contributed by atoms with E-state index in [1.807, 2.05) is 36.4 Å². The molecule has 4 aliphatic carbocycles. The number of carbonyl (C=O) groups excluding carboxylic acids is 2. The van der Waals surface area contributed by atoms with Gasteiger partial charge in [0, 0.05) is 22.0 Å². The van der Waals surface area contributed by atoms with Gasteiger partial charge in [0.05, 0.1) is 10.8 Å². The molecule has 5 rings (SSSR count). The van der Waals surface area contributed by atoms with Gasteiger partial charge in [0.1, 0.15) is 5.78 Å². The zero-order valence-corrected chi connectivity index (χ0v) is 19.8. The van der Waals surface area contributed by atoms with Crippen LogP contribution in [0.15, 0.2) is 82.3 Å². The normalized spacial score (nSPS) is 36.3. The first kappa shape index (κ1) is 21.5. The molecule has 6 atom stereocenters. The van der Waals surface area contributed by atoms with Gasteiger partial charge in [-0.3, -0.25) is 13.8 Å². The van der Waals surface area contributed by atoms with Crippen LogP contribution in [0.4, 0.5) is 0 Å². The van der Waals surface area contributed by atoms with Crippen molar-refractivity contribution in [1.82, 2.24) is 0 Å². The van der Waals surface area contributed by atoms with Gasteiger partial charge in [-0.05, 0) is 80.2 Å². The van der Waals surface area contributed by atoms with E-state index in [4.69, 9.17) is 0 Å². The number of fused-ring (bicyclic) bond motifs is 5. The summed E-state index contributed by atoms with van der Waals surface area (Å²) in [6, 6.07) is 9.54. The summed E-state index contributed by atoms with van der Waals surface area (Å²) in [5, 5.41) is 0. The van der Waals surface area contributed by atoms with Crippen LogP contribution in [0.2, 0.25) is 0 Å². The van der Waals surface area contributed by atoms with Gasteiger partial charge in [0.25, 0.3) is 0 Å². The van der Waals surface area contributed by atoms with Crippen molar-refractivity contribution in [1.29, 1.82) is 0 Å². The highest BCUT2D eigenvalue weighted by Gasteiger charge is 2.56. The first-order valence-electron chi connectivity index (χ1n) is 11.5. The van der Waals surface area contributed by atoms with E-state index in [9.17, 15) is 13.8 Å². The topological polar surface area (TPSA) is 51.2 Å². The molecule has 1 aromatic carbocycles. The minimum atomic E-state index is -1.17. The van der Waals surface area contributed by atoms with Crippen LogP contribution in [-0.2, 0) is 20.4 Å². The highest BCUT2D eigenvalue weighted by Crippen LogP contribution is 2.63. The molecular weight excluding hydrogens is 416 g/mol. The molecule has 0 N–H and O–H groups in total. The average molecular weight is 447 g/mol. The summed E-state index contributed by atoms with van der Waals surface area (Å²) in [7, 11) is -1.17. The molecule has 1 unspecified atom stereocenters. The maximum Gasteiger partial charge on any atom is 0.178 e. The molecule has 0 radical (unpaired) electrons. The molecule has 166 valence electrons. The van der Waals surface area contributed by atoms with Gasteiger partial charge in [-0.25, -0.2) is 0 Å². The highest BCUT2D eigenvalue weighted by atomic mass is 32.2. The maximum atomic E-state index is 13.1. The van der Waals surface area contributed by atoms with E-state index in [1.54, 1.807) is 13.0 Å². The number of Topliss-reactive ketones (excluding diaryl/α,β-unsaturated/α-hetero) is 1. The number of carbonyl (C=O) groups is 2. The van der Waals surface area contributed by atoms with E-state index < -0.39 is 10.8 Å². The number of rotatable bonds is 4. The lowest BCUT2D eigenvalue weighted by molar-refractivity contribution is -0.123. The van der Waals surface area contributed by atoms with Gasteiger partial charge in [0.2, 0.25) is 0 Å². The molecular formula is C28H30O3S. The monoisotopic (exact) mass is 446 g/mol. The van der Waals surface area contributed by atoms with E-state index in [1.165, 1.54) is 11.1 Å². The summed E-state index contributed by atoms with van der Waals surface area (Å²) in [6.07, 6.45) is 13.0. The third-order valence-electron chi connectivity index (χ3n) is 8.38. The molecule has 0 aromatic heterocycles. The van der Waals surface area contributed by atoms with Gasteiger partial charge in [0.15, 0.2) is 5.78 Å². The molecule has 0 heterocycles. The van der Waals surface area contributed by atoms with Crippen molar-refractivity contribution in [3.05, 3.63) is 77.4 Å². The minimum Gasteiger partial charge on any atom is -0.299 e. The molecule has 4 heteroatoms. The predicted molar refractivity (Wildman–Crippen MR) is 127 cm³/mol. The lowest BCUT2D eigenvalue weighted by Gasteiger charge is -2.52. The second-order valence-electron chi connectivity index (χ2n) is 10.2. The SMILES string of the molecule is CC(=O)[C@H]1C(CS(=O)c2ccccc2)=C[C@H]2[C@@H]3CCC4=CC(=O)C=C[C@]4(C)C3=CC[C@]12C. The Kier molecular flexibility index (Phi) is 5.12. The van der Waals surface area contributed by atoms with Crippen molar-refractivity contribution >= 4 is 22.4 Å². The average Bonchev–Trinajstić information content (AvgIpc) is 3.06. The standard InChI is InChI=1S/C28H30O3S/c1-18(29)26-19(17-32(31)22-7-5-4-6-8-22)15-25-23-10-9-20-16-21(30)11-13-27(20,2)24(23)12-14-28(25,26)3/h4-8,11-13,15-16,23,25-26H,9-10,14,17H2,1-3H3/t23-,25+,26+,27+,28+,32?/m1/s1. The van der Waals surface area contributed by atoms with Crippen LogP contribution < -0.4 is 0 Å². The summed E-state index contributed by atoms with van der Waals surface area (Å²) in [6.45, 7) is 6.17. The predicted octanol–water partition coefficient (Wildman–Crippen LogP) is 5.37. The first-order valence-corrected chi connectivity index (χ1v) is 12.8. The Morgan fingerprint density at radius 2 is 1.94 bits per heavy atom. The quantitative estimate of drug-likeness (QED) is 0.584. The molecule has 1 fully saturated rings. The second kappa shape index (κ2) is 7.62. The molecule has 4 aliphatic rings. The van der Waals surface area contributed by atoms with Gasteiger partial charge in [-0.2, -0.15) is 0 Å². The Hall–Kier alpha value is -2.33. The number of allylic oxidation sites excluding steroid dienone is 7. The summed E-state index contributed by atoms with van der Waals surface area (Å²) in [4.78, 5) is 25.7. The zero-order chi connectivity index (χ0) is 22.7. The lowest BCUT2D eigenvalue weighted by Crippen LogP contribution is -2.45. The fraction of sp³-hybridized carbons (Fsp3) is 0.429. The molecule has 3 nitrogen and oxygen atoms in total. The Bertz CT molecular complexity index is 1140. The molecule has 0 saturated heterocycles. The summed E-state index contributed by atoms with van der Waals surface area (Å²) >= 11 is 0. The van der Waals surface area contributed by atoms with Gasteiger partial charge in [-0.1, -0.05) is 54.5 Å². The van der Waals surface area contributed by atoms with Crippen LogP contribution in [0.3, 0.4) is 0 Å². The van der Waals surface area contributed by atoms with Crippen LogP contribution in [0.1, 0.15) is 40.0 Å². The van der Waals surface area contributed by atoms with Gasteiger partial charge in [-0.15, -0.1) is 0 Å². The van der Waals surface area contributed by atoms with Crippen molar-refractivity contribution in [2.45, 2.75) is 44.9 Å². The van der Waals surface area contributed by atoms with Crippen LogP contribution in [-0.4, -0.2) is 21.5 Å². The van der Waals surface area contributed by atoms with Crippen molar-refractivity contribution in [2.75, 3.05) is 5.75 Å². The Morgan fingerprint density at radius 3 is 2.66 bits per heavy atom. The minimum absolute atomic E-state index is 0.0836. The lowest BCUT2D eigenvalue weighted by atomic mass is 9.51. The first-order chi connectivity index (χ1) is 15.2. The fourth-order valence-electron chi connectivity index (χ4n) is 6.88. The third-order valence-corrected chi connectivity index (χ3v) is 9.77. The summed E-state index contributed by atoms with van der Waals surface area (Å²) < 4.78 is 13.1. The number of ketones is 2. The smallest absolute Gasteiger partial charge is 0.178 e. The highest BCUT2D eigenvalue weighted by molar-refractivity contribution is 7.85. The largest absolute Gasteiger partial charge is 0.299 e. The molecule has 0 amide bonds. The number of hydrogen-bond donors (Lipinski definition) is 0. The molecule has 0 aliphatic heterocycles. The molecule has 0 bridgehead atoms. The van der Waals surface area contributed by atoms with E-state index in [-0.39, 0.29) is 34.2 Å².